The molecule has 0 saturated carbocycles. The first-order valence-corrected chi connectivity index (χ1v) is 8.84. The maximum absolute atomic E-state index is 12.0. The van der Waals surface area contributed by atoms with Crippen LogP contribution in [-0.4, -0.2) is 14.4 Å². The molecule has 1 aliphatic rings. The Morgan fingerprint density at radius 2 is 2.12 bits per heavy atom. The maximum Gasteiger partial charge on any atom is 0.433 e. The third-order valence-corrected chi connectivity index (χ3v) is 5.41. The van der Waals surface area contributed by atoms with E-state index in [1.165, 1.54) is 30.0 Å². The molecule has 1 aliphatic heterocycles. The van der Waals surface area contributed by atoms with E-state index in [-0.39, 0.29) is 22.5 Å². The molecular formula is C15H9ClN2O4S2. The molecule has 9 heteroatoms. The highest BCUT2D eigenvalue weighted by atomic mass is 35.5. The summed E-state index contributed by atoms with van der Waals surface area (Å²) in [6.45, 7) is 0. The molecule has 0 unspecified atom stereocenters. The van der Waals surface area contributed by atoms with E-state index in [9.17, 15) is 14.9 Å². The van der Waals surface area contributed by atoms with Crippen molar-refractivity contribution in [1.82, 2.24) is 0 Å². The summed E-state index contributed by atoms with van der Waals surface area (Å²) in [5, 5.41) is 11.0. The van der Waals surface area contributed by atoms with Gasteiger partial charge >= 0.3 is 5.88 Å². The number of thioether (sulfide) groups is 2. The second-order valence-corrected chi connectivity index (χ2v) is 7.20. The second-order valence-electron chi connectivity index (χ2n) is 4.61. The number of carbonyl (C=O) groups is 1. The van der Waals surface area contributed by atoms with Gasteiger partial charge in [0.25, 0.3) is 0 Å². The first kappa shape index (κ1) is 16.8. The standard InChI is InChI=1S/C15H9ClN2O4S2/c16-11-4-2-1-3-9(11)8-23-15-17-12(14(19)24-15)7-10-5-6-13(22-10)18(20)21/h1-7H,8H2/b12-7+. The van der Waals surface area contributed by atoms with Crippen LogP contribution in [0.3, 0.4) is 0 Å². The smallest absolute Gasteiger partial charge is 0.401 e. The first-order valence-electron chi connectivity index (χ1n) is 6.66. The van der Waals surface area contributed by atoms with Gasteiger partial charge in [-0.2, -0.15) is 0 Å². The highest BCUT2D eigenvalue weighted by Gasteiger charge is 2.23. The molecule has 0 fully saturated rings. The minimum atomic E-state index is -0.638. The zero-order chi connectivity index (χ0) is 17.1. The van der Waals surface area contributed by atoms with Crippen LogP contribution in [0.4, 0.5) is 5.88 Å². The van der Waals surface area contributed by atoms with E-state index in [0.717, 1.165) is 17.3 Å². The molecule has 24 heavy (non-hydrogen) atoms. The zero-order valence-electron chi connectivity index (χ0n) is 12.0. The molecule has 0 aliphatic carbocycles. The molecule has 0 spiro atoms. The maximum atomic E-state index is 12.0. The molecule has 6 nitrogen and oxygen atoms in total. The van der Waals surface area contributed by atoms with Crippen LogP contribution in [0.15, 0.2) is 51.5 Å². The lowest BCUT2D eigenvalue weighted by molar-refractivity contribution is -0.402. The summed E-state index contributed by atoms with van der Waals surface area (Å²) in [6, 6.07) is 10.1. The lowest BCUT2D eigenvalue weighted by Crippen LogP contribution is -1.88. The third kappa shape index (κ3) is 3.89. The summed E-state index contributed by atoms with van der Waals surface area (Å²) < 4.78 is 5.61. The van der Waals surface area contributed by atoms with E-state index >= 15 is 0 Å². The van der Waals surface area contributed by atoms with Crippen molar-refractivity contribution in [3.8, 4) is 0 Å². The van der Waals surface area contributed by atoms with Gasteiger partial charge in [-0.05, 0) is 29.5 Å². The minimum absolute atomic E-state index is 0.200. The van der Waals surface area contributed by atoms with Crippen molar-refractivity contribution >= 4 is 56.6 Å². The van der Waals surface area contributed by atoms with E-state index in [0.29, 0.717) is 15.2 Å². The van der Waals surface area contributed by atoms with Crippen molar-refractivity contribution in [2.75, 3.05) is 0 Å². The highest BCUT2D eigenvalue weighted by molar-refractivity contribution is 8.45. The molecule has 2 heterocycles. The summed E-state index contributed by atoms with van der Waals surface area (Å²) in [4.78, 5) is 26.2. The fourth-order valence-corrected chi connectivity index (χ4v) is 3.99. The lowest BCUT2D eigenvalue weighted by Gasteiger charge is -2.02. The SMILES string of the molecule is O=C1SC(SCc2ccccc2Cl)=N/C1=C/c1ccc([N+](=O)[O-])o1. The fraction of sp³-hybridized carbons (Fsp3) is 0.0667. The zero-order valence-corrected chi connectivity index (χ0v) is 14.4. The van der Waals surface area contributed by atoms with E-state index in [1.807, 2.05) is 18.2 Å². The molecule has 3 rings (SSSR count). The Morgan fingerprint density at radius 3 is 2.83 bits per heavy atom. The van der Waals surface area contributed by atoms with Crippen LogP contribution in [0, 0.1) is 10.1 Å². The van der Waals surface area contributed by atoms with Gasteiger partial charge in [0, 0.05) is 16.9 Å². The number of halogens is 1. The van der Waals surface area contributed by atoms with Gasteiger partial charge in [0.05, 0.1) is 6.07 Å². The van der Waals surface area contributed by atoms with Gasteiger partial charge in [-0.25, -0.2) is 4.99 Å². The Morgan fingerprint density at radius 1 is 1.33 bits per heavy atom. The number of nitrogens with zero attached hydrogens (tertiary/aromatic N) is 2. The van der Waals surface area contributed by atoms with Gasteiger partial charge in [-0.15, -0.1) is 0 Å². The van der Waals surface area contributed by atoms with Gasteiger partial charge in [0.15, 0.2) is 0 Å². The Balaban J connectivity index is 1.71. The van der Waals surface area contributed by atoms with E-state index < -0.39 is 4.92 Å². The van der Waals surface area contributed by atoms with Crippen LogP contribution in [0.5, 0.6) is 0 Å². The normalized spacial score (nSPS) is 15.8. The van der Waals surface area contributed by atoms with Crippen LogP contribution in [0.2, 0.25) is 5.02 Å². The summed E-state index contributed by atoms with van der Waals surface area (Å²) in [5.41, 5.74) is 1.16. The van der Waals surface area contributed by atoms with Crippen molar-refractivity contribution in [3.63, 3.8) is 0 Å². The van der Waals surface area contributed by atoms with Crippen LogP contribution in [0.1, 0.15) is 11.3 Å². The van der Waals surface area contributed by atoms with Crippen LogP contribution < -0.4 is 0 Å². The monoisotopic (exact) mass is 380 g/mol. The van der Waals surface area contributed by atoms with Gasteiger partial charge in [-0.1, -0.05) is 41.6 Å². The van der Waals surface area contributed by atoms with Gasteiger partial charge < -0.3 is 4.42 Å². The molecular weight excluding hydrogens is 372 g/mol. The molecule has 1 aromatic heterocycles. The molecule has 0 radical (unpaired) electrons. The topological polar surface area (TPSA) is 85.7 Å². The number of benzene rings is 1. The van der Waals surface area contributed by atoms with Crippen LogP contribution in [0.25, 0.3) is 6.08 Å². The number of nitro groups is 1. The van der Waals surface area contributed by atoms with Gasteiger partial charge in [-0.3, -0.25) is 14.9 Å². The van der Waals surface area contributed by atoms with Crippen molar-refractivity contribution in [3.05, 3.63) is 68.6 Å². The number of rotatable bonds is 4. The average molecular weight is 381 g/mol. The predicted octanol–water partition coefficient (Wildman–Crippen LogP) is 4.74. The Bertz CT molecular complexity index is 876. The van der Waals surface area contributed by atoms with Gasteiger partial charge in [0.1, 0.15) is 20.8 Å². The quantitative estimate of drug-likeness (QED) is 0.432. The molecule has 0 atom stereocenters. The Kier molecular flexibility index (Phi) is 5.08. The molecule has 2 aromatic rings. The van der Waals surface area contributed by atoms with E-state index in [2.05, 4.69) is 4.99 Å². The minimum Gasteiger partial charge on any atom is -0.401 e. The third-order valence-electron chi connectivity index (χ3n) is 2.98. The van der Waals surface area contributed by atoms with Crippen molar-refractivity contribution in [2.24, 2.45) is 4.99 Å². The Hall–Kier alpha value is -2.03. The lowest BCUT2D eigenvalue weighted by atomic mass is 10.2. The molecule has 0 saturated heterocycles. The summed E-state index contributed by atoms with van der Waals surface area (Å²) in [7, 11) is 0. The van der Waals surface area contributed by atoms with Crippen molar-refractivity contribution in [1.29, 1.82) is 0 Å². The molecule has 122 valence electrons. The molecule has 1 aromatic carbocycles. The van der Waals surface area contributed by atoms with E-state index in [1.54, 1.807) is 6.07 Å². The summed E-state index contributed by atoms with van der Waals surface area (Å²) >= 11 is 8.52. The number of hydrogen-bond donors (Lipinski definition) is 0. The Labute approximate surface area is 150 Å². The number of carbonyl (C=O) groups excluding carboxylic acids is 1. The second kappa shape index (κ2) is 7.25. The summed E-state index contributed by atoms with van der Waals surface area (Å²) in [6.07, 6.45) is 1.39. The largest absolute Gasteiger partial charge is 0.433 e. The number of hydrogen-bond acceptors (Lipinski definition) is 7. The predicted molar refractivity (Wildman–Crippen MR) is 96.1 cm³/mol. The molecule has 0 amide bonds. The first-order chi connectivity index (χ1) is 11.5. The van der Waals surface area contributed by atoms with Crippen LogP contribution >= 0.6 is 35.1 Å². The number of furan rings is 1. The van der Waals surface area contributed by atoms with Crippen molar-refractivity contribution in [2.45, 2.75) is 5.75 Å². The molecule has 0 bridgehead atoms. The van der Waals surface area contributed by atoms with Crippen LogP contribution in [-0.2, 0) is 10.5 Å². The van der Waals surface area contributed by atoms with E-state index in [4.69, 9.17) is 16.0 Å². The molecule has 0 N–H and O–H groups in total. The fourth-order valence-electron chi connectivity index (χ4n) is 1.86. The van der Waals surface area contributed by atoms with Gasteiger partial charge in [0.2, 0.25) is 5.12 Å². The van der Waals surface area contributed by atoms with Crippen molar-refractivity contribution < 1.29 is 14.1 Å². The average Bonchev–Trinajstić information content (AvgIpc) is 3.14. The number of aliphatic imine (C=N–C) groups is 1. The summed E-state index contributed by atoms with van der Waals surface area (Å²) in [5.74, 6) is 0.433. The highest BCUT2D eigenvalue weighted by Crippen LogP contribution is 2.34.